The smallest absolute Gasteiger partial charge is 0.335 e. The van der Waals surface area contributed by atoms with Crippen molar-refractivity contribution in [3.05, 3.63) is 85.8 Å². The van der Waals surface area contributed by atoms with Gasteiger partial charge in [-0.15, -0.1) is 0 Å². The van der Waals surface area contributed by atoms with E-state index in [0.29, 0.717) is 38.6 Å². The zero-order chi connectivity index (χ0) is 22.8. The summed E-state index contributed by atoms with van der Waals surface area (Å²) in [5.41, 5.74) is 2.51. The van der Waals surface area contributed by atoms with Crippen molar-refractivity contribution in [3.63, 3.8) is 0 Å². The summed E-state index contributed by atoms with van der Waals surface area (Å²) >= 11 is 7.04. The number of phenols is 1. The van der Waals surface area contributed by atoms with E-state index in [0.717, 1.165) is 11.1 Å². The molecule has 3 aromatic rings. The van der Waals surface area contributed by atoms with Gasteiger partial charge in [0.05, 0.1) is 21.7 Å². The number of aromatic carboxylic acids is 1. The van der Waals surface area contributed by atoms with Crippen LogP contribution in [0.5, 0.6) is 17.2 Å². The van der Waals surface area contributed by atoms with Crippen LogP contribution in [0.3, 0.4) is 0 Å². The highest BCUT2D eigenvalue weighted by molar-refractivity contribution is 9.11. The summed E-state index contributed by atoms with van der Waals surface area (Å²) in [6.45, 7) is 3.51. The largest absolute Gasteiger partial charge is 0.508 e. The Balaban J connectivity index is 1.86. The second-order valence-corrected chi connectivity index (χ2v) is 12.9. The van der Waals surface area contributed by atoms with Crippen LogP contribution >= 0.6 is 39.0 Å². The number of halogens is 2. The zero-order valence-electron chi connectivity index (χ0n) is 16.9. The maximum absolute atomic E-state index is 12.1. The molecule has 0 unspecified atom stereocenters. The molecule has 0 aliphatic rings. The predicted molar refractivity (Wildman–Crippen MR) is 129 cm³/mol. The molecule has 0 fully saturated rings. The molecule has 0 heterocycles. The fourth-order valence-electron chi connectivity index (χ4n) is 3.16. The Bertz CT molecular complexity index is 1160. The van der Waals surface area contributed by atoms with E-state index in [-0.39, 0.29) is 11.3 Å². The predicted octanol–water partition coefficient (Wildman–Crippen LogP) is 7.12. The molecule has 0 spiro atoms. The second kappa shape index (κ2) is 9.60. The van der Waals surface area contributed by atoms with E-state index >= 15 is 0 Å². The zero-order valence-corrected chi connectivity index (χ0v) is 21.0. The third-order valence-electron chi connectivity index (χ3n) is 4.46. The van der Waals surface area contributed by atoms with Gasteiger partial charge in [0, 0.05) is 18.1 Å². The second-order valence-electron chi connectivity index (χ2n) is 7.70. The van der Waals surface area contributed by atoms with Crippen LogP contribution in [-0.4, -0.2) is 29.5 Å². The molecule has 0 saturated heterocycles. The summed E-state index contributed by atoms with van der Waals surface area (Å²) in [4.78, 5) is 11.2. The summed E-state index contributed by atoms with van der Waals surface area (Å²) in [7, 11) is -2.21. The molecule has 0 aromatic heterocycles. The Hall–Kier alpha value is -2.08. The molecule has 2 N–H and O–H groups in total. The van der Waals surface area contributed by atoms with Crippen LogP contribution in [0.15, 0.2) is 63.5 Å². The van der Waals surface area contributed by atoms with Crippen LogP contribution in [0.25, 0.3) is 0 Å². The fourth-order valence-corrected chi connectivity index (χ4v) is 5.66. The van der Waals surface area contributed by atoms with Crippen LogP contribution < -0.4 is 4.74 Å². The number of ether oxygens (including phenoxy) is 1. The molecule has 0 aliphatic heterocycles. The highest BCUT2D eigenvalue weighted by Gasteiger charge is 2.15. The van der Waals surface area contributed by atoms with Crippen molar-refractivity contribution in [2.75, 3.05) is 13.3 Å². The van der Waals surface area contributed by atoms with Crippen molar-refractivity contribution in [2.45, 2.75) is 12.6 Å². The first-order valence-electron chi connectivity index (χ1n) is 9.36. The summed E-state index contributed by atoms with van der Waals surface area (Å²) in [5, 5.41) is 19.5. The Morgan fingerprint density at radius 2 is 1.68 bits per heavy atom. The van der Waals surface area contributed by atoms with Gasteiger partial charge < -0.3 is 19.5 Å². The van der Waals surface area contributed by atoms with Gasteiger partial charge in [0.1, 0.15) is 11.5 Å². The van der Waals surface area contributed by atoms with Crippen molar-refractivity contribution in [1.82, 2.24) is 0 Å². The van der Waals surface area contributed by atoms with E-state index in [1.807, 2.05) is 18.2 Å². The lowest BCUT2D eigenvalue weighted by molar-refractivity contribution is 0.0696. The number of benzene rings is 3. The fraction of sp³-hybridized carbons (Fsp3) is 0.174. The Kier molecular flexibility index (Phi) is 7.30. The lowest BCUT2D eigenvalue weighted by Crippen LogP contribution is -1.98. The van der Waals surface area contributed by atoms with E-state index in [2.05, 4.69) is 31.9 Å². The van der Waals surface area contributed by atoms with E-state index in [1.165, 1.54) is 6.07 Å². The summed E-state index contributed by atoms with van der Waals surface area (Å²) in [6, 6.07) is 15.3. The molecule has 0 radical (unpaired) electrons. The molecular weight excluding hydrogens is 547 g/mol. The topological polar surface area (TPSA) is 83.8 Å². The minimum Gasteiger partial charge on any atom is -0.508 e. The molecule has 31 heavy (non-hydrogen) atoms. The highest BCUT2D eigenvalue weighted by Crippen LogP contribution is 2.44. The molecule has 0 bridgehead atoms. The SMILES string of the molecule is CP(C)(=O)Cc1cc(Br)c(Oc2ccc(O)c(Cc3cccc(C(=O)O)c3)c2)c(Br)c1. The molecule has 0 amide bonds. The molecular formula is C23H21Br2O5P. The average molecular weight is 568 g/mol. The summed E-state index contributed by atoms with van der Waals surface area (Å²) in [5.74, 6) is 0.190. The molecule has 5 nitrogen and oxygen atoms in total. The van der Waals surface area contributed by atoms with Crippen LogP contribution in [0.2, 0.25) is 0 Å². The maximum atomic E-state index is 12.1. The van der Waals surface area contributed by atoms with Gasteiger partial charge in [-0.3, -0.25) is 0 Å². The van der Waals surface area contributed by atoms with Crippen LogP contribution in [-0.2, 0) is 17.1 Å². The summed E-state index contributed by atoms with van der Waals surface area (Å²) < 4.78 is 19.6. The number of hydrogen-bond acceptors (Lipinski definition) is 4. The Morgan fingerprint density at radius 1 is 1.00 bits per heavy atom. The Labute approximate surface area is 197 Å². The summed E-state index contributed by atoms with van der Waals surface area (Å²) in [6.07, 6.45) is 0.844. The lowest BCUT2D eigenvalue weighted by Gasteiger charge is -2.14. The first-order valence-corrected chi connectivity index (χ1v) is 13.7. The van der Waals surface area contributed by atoms with E-state index < -0.39 is 13.1 Å². The minimum atomic E-state index is -2.21. The van der Waals surface area contributed by atoms with Crippen molar-refractivity contribution >= 4 is 45.0 Å². The van der Waals surface area contributed by atoms with E-state index in [1.54, 1.807) is 43.7 Å². The van der Waals surface area contributed by atoms with Crippen molar-refractivity contribution in [2.24, 2.45) is 0 Å². The number of carboxylic acids is 1. The van der Waals surface area contributed by atoms with Gasteiger partial charge in [-0.2, -0.15) is 0 Å². The van der Waals surface area contributed by atoms with E-state index in [4.69, 9.17) is 4.74 Å². The van der Waals surface area contributed by atoms with E-state index in [9.17, 15) is 19.6 Å². The van der Waals surface area contributed by atoms with Gasteiger partial charge in [-0.25, -0.2) is 4.79 Å². The monoisotopic (exact) mass is 566 g/mol. The Morgan fingerprint density at radius 3 is 2.29 bits per heavy atom. The number of phenolic OH excluding ortho intramolecular Hbond substituents is 1. The first-order chi connectivity index (χ1) is 14.5. The van der Waals surface area contributed by atoms with Crippen LogP contribution in [0, 0.1) is 0 Å². The average Bonchev–Trinajstić information content (AvgIpc) is 2.66. The van der Waals surface area contributed by atoms with Gasteiger partial charge in [0.2, 0.25) is 0 Å². The normalized spacial score (nSPS) is 11.4. The third-order valence-corrected chi connectivity index (χ3v) is 6.77. The number of aromatic hydroxyl groups is 1. The molecule has 3 aromatic carbocycles. The van der Waals surface area contributed by atoms with Gasteiger partial charge in [0.15, 0.2) is 5.75 Å². The van der Waals surface area contributed by atoms with Crippen molar-refractivity contribution < 1.29 is 24.3 Å². The lowest BCUT2D eigenvalue weighted by atomic mass is 10.0. The van der Waals surface area contributed by atoms with Crippen LogP contribution in [0.1, 0.15) is 27.0 Å². The molecule has 3 rings (SSSR count). The van der Waals surface area contributed by atoms with Crippen molar-refractivity contribution in [3.8, 4) is 17.2 Å². The van der Waals surface area contributed by atoms with Gasteiger partial charge >= 0.3 is 5.97 Å². The van der Waals surface area contributed by atoms with Gasteiger partial charge in [0.25, 0.3) is 0 Å². The molecule has 0 aliphatic carbocycles. The van der Waals surface area contributed by atoms with Crippen LogP contribution in [0.4, 0.5) is 0 Å². The number of carbonyl (C=O) groups is 1. The third kappa shape index (κ3) is 6.45. The minimum absolute atomic E-state index is 0.100. The van der Waals surface area contributed by atoms with Gasteiger partial charge in [-0.1, -0.05) is 12.1 Å². The number of carboxylic acid groups (broad SMARTS) is 1. The number of hydrogen-bond donors (Lipinski definition) is 2. The quantitative estimate of drug-likeness (QED) is 0.297. The molecule has 0 saturated carbocycles. The standard InChI is InChI=1S/C23H21Br2O5P/c1-31(2,29)13-15-10-19(24)22(20(25)11-15)30-18-6-7-21(26)17(12-18)9-14-4-3-5-16(8-14)23(27)28/h3-8,10-12,26H,9,13H2,1-2H3,(H,27,28). The molecule has 162 valence electrons. The molecule has 0 atom stereocenters. The maximum Gasteiger partial charge on any atom is 0.335 e. The highest BCUT2D eigenvalue weighted by atomic mass is 79.9. The number of rotatable bonds is 7. The molecule has 8 heteroatoms. The first kappa shape index (κ1) is 23.6. The van der Waals surface area contributed by atoms with Gasteiger partial charge in [-0.05, 0) is 98.8 Å². The van der Waals surface area contributed by atoms with Crippen molar-refractivity contribution in [1.29, 1.82) is 0 Å².